The van der Waals surface area contributed by atoms with E-state index in [2.05, 4.69) is 10.6 Å². The van der Waals surface area contributed by atoms with Gasteiger partial charge in [0.2, 0.25) is 0 Å². The average Bonchev–Trinajstić information content (AvgIpc) is 2.28. The third-order valence-corrected chi connectivity index (χ3v) is 1.92. The van der Waals surface area contributed by atoms with Crippen LogP contribution < -0.4 is 10.6 Å². The molecule has 0 saturated carbocycles. The maximum absolute atomic E-state index is 11.2. The molecule has 0 aromatic heterocycles. The molecule has 0 radical (unpaired) electrons. The van der Waals surface area contributed by atoms with Crippen LogP contribution in [0.1, 0.15) is 12.0 Å². The van der Waals surface area contributed by atoms with Crippen molar-refractivity contribution in [2.45, 2.75) is 13.0 Å². The number of hydrogen-bond donors (Lipinski definition) is 3. The van der Waals surface area contributed by atoms with E-state index in [1.165, 1.54) is 0 Å². The predicted octanol–water partition coefficient (Wildman–Crippen LogP) is 0.868. The summed E-state index contributed by atoms with van der Waals surface area (Å²) in [6, 6.07) is 9.50. The second-order valence-corrected chi connectivity index (χ2v) is 3.17. The monoisotopic (exact) mass is 208 g/mol. The van der Waals surface area contributed by atoms with Crippen molar-refractivity contribution in [3.8, 4) is 0 Å². The minimum absolute atomic E-state index is 0.0962. The first-order valence-electron chi connectivity index (χ1n) is 4.99. The third-order valence-electron chi connectivity index (χ3n) is 1.92. The lowest BCUT2D eigenvalue weighted by Crippen LogP contribution is -2.35. The van der Waals surface area contributed by atoms with E-state index in [0.717, 1.165) is 5.56 Å². The van der Waals surface area contributed by atoms with Crippen molar-refractivity contribution in [2.24, 2.45) is 0 Å². The molecule has 15 heavy (non-hydrogen) atoms. The first-order valence-corrected chi connectivity index (χ1v) is 4.99. The van der Waals surface area contributed by atoms with E-state index in [-0.39, 0.29) is 12.6 Å². The number of carbonyl (C=O) groups is 1. The van der Waals surface area contributed by atoms with Gasteiger partial charge in [-0.2, -0.15) is 0 Å². The number of rotatable bonds is 5. The van der Waals surface area contributed by atoms with Gasteiger partial charge in [-0.15, -0.1) is 0 Å². The maximum Gasteiger partial charge on any atom is 0.315 e. The fourth-order valence-electron chi connectivity index (χ4n) is 1.12. The molecule has 0 aliphatic heterocycles. The number of carbonyl (C=O) groups excluding carboxylic acids is 1. The van der Waals surface area contributed by atoms with Crippen LogP contribution in [0.4, 0.5) is 4.79 Å². The van der Waals surface area contributed by atoms with E-state index in [9.17, 15) is 4.79 Å². The Labute approximate surface area is 89.3 Å². The zero-order chi connectivity index (χ0) is 10.9. The molecule has 1 rings (SSSR count). The van der Waals surface area contributed by atoms with Crippen LogP contribution >= 0.6 is 0 Å². The van der Waals surface area contributed by atoms with Crippen LogP contribution in [-0.4, -0.2) is 24.3 Å². The Balaban J connectivity index is 2.17. The van der Waals surface area contributed by atoms with Crippen molar-refractivity contribution in [3.63, 3.8) is 0 Å². The summed E-state index contributed by atoms with van der Waals surface area (Å²) in [5, 5.41) is 13.9. The highest BCUT2D eigenvalue weighted by molar-refractivity contribution is 5.73. The van der Waals surface area contributed by atoms with Gasteiger partial charge in [-0.25, -0.2) is 4.79 Å². The SMILES string of the molecule is O=C(NCCCO)NCc1ccccc1. The number of amides is 2. The fourth-order valence-corrected chi connectivity index (χ4v) is 1.12. The number of nitrogens with one attached hydrogen (secondary N) is 2. The molecule has 1 aromatic carbocycles. The summed E-state index contributed by atoms with van der Waals surface area (Å²) in [5.41, 5.74) is 1.06. The number of hydrogen-bond acceptors (Lipinski definition) is 2. The molecule has 0 aliphatic carbocycles. The molecular formula is C11H16N2O2. The van der Waals surface area contributed by atoms with Crippen LogP contribution in [0.5, 0.6) is 0 Å². The first kappa shape index (κ1) is 11.5. The van der Waals surface area contributed by atoms with Crippen molar-refractivity contribution >= 4 is 6.03 Å². The normalized spacial score (nSPS) is 9.67. The van der Waals surface area contributed by atoms with Crippen molar-refractivity contribution < 1.29 is 9.90 Å². The van der Waals surface area contributed by atoms with Gasteiger partial charge < -0.3 is 15.7 Å². The number of benzene rings is 1. The highest BCUT2D eigenvalue weighted by Crippen LogP contribution is 1.96. The Morgan fingerprint density at radius 1 is 1.20 bits per heavy atom. The molecule has 3 N–H and O–H groups in total. The molecule has 2 amide bonds. The molecule has 4 nitrogen and oxygen atoms in total. The largest absolute Gasteiger partial charge is 0.396 e. The summed E-state index contributed by atoms with van der Waals surface area (Å²) in [6.45, 7) is 1.11. The van der Waals surface area contributed by atoms with Gasteiger partial charge in [-0.05, 0) is 12.0 Å². The predicted molar refractivity (Wildman–Crippen MR) is 58.4 cm³/mol. The highest BCUT2D eigenvalue weighted by atomic mass is 16.3. The van der Waals surface area contributed by atoms with Crippen LogP contribution in [0.2, 0.25) is 0 Å². The van der Waals surface area contributed by atoms with E-state index in [1.807, 2.05) is 30.3 Å². The molecule has 82 valence electrons. The van der Waals surface area contributed by atoms with Gasteiger partial charge in [0.1, 0.15) is 0 Å². The van der Waals surface area contributed by atoms with E-state index in [0.29, 0.717) is 19.5 Å². The van der Waals surface area contributed by atoms with Crippen molar-refractivity contribution in [1.82, 2.24) is 10.6 Å². The summed E-state index contributed by atoms with van der Waals surface area (Å²) in [7, 11) is 0. The first-order chi connectivity index (χ1) is 7.33. The lowest BCUT2D eigenvalue weighted by molar-refractivity contribution is 0.238. The van der Waals surface area contributed by atoms with Crippen molar-refractivity contribution in [3.05, 3.63) is 35.9 Å². The summed E-state index contributed by atoms with van der Waals surface area (Å²) >= 11 is 0. The van der Waals surface area contributed by atoms with Gasteiger partial charge >= 0.3 is 6.03 Å². The molecular weight excluding hydrogens is 192 g/mol. The van der Waals surface area contributed by atoms with E-state index in [4.69, 9.17) is 5.11 Å². The van der Waals surface area contributed by atoms with Crippen LogP contribution in [0.3, 0.4) is 0 Å². The van der Waals surface area contributed by atoms with Crippen LogP contribution in [0.25, 0.3) is 0 Å². The molecule has 0 spiro atoms. The molecule has 0 bridgehead atoms. The summed E-state index contributed by atoms with van der Waals surface area (Å²) < 4.78 is 0. The fraction of sp³-hybridized carbons (Fsp3) is 0.364. The lowest BCUT2D eigenvalue weighted by Gasteiger charge is -2.06. The standard InChI is InChI=1S/C11H16N2O2/c14-8-4-7-12-11(15)13-9-10-5-2-1-3-6-10/h1-3,5-6,14H,4,7-9H2,(H2,12,13,15). The smallest absolute Gasteiger partial charge is 0.315 e. The Bertz CT molecular complexity index is 288. The van der Waals surface area contributed by atoms with Gasteiger partial charge in [0.15, 0.2) is 0 Å². The summed E-state index contributed by atoms with van der Waals surface area (Å²) in [5.74, 6) is 0. The van der Waals surface area contributed by atoms with Gasteiger partial charge in [0.25, 0.3) is 0 Å². The van der Waals surface area contributed by atoms with E-state index in [1.54, 1.807) is 0 Å². The molecule has 0 unspecified atom stereocenters. The molecule has 0 atom stereocenters. The maximum atomic E-state index is 11.2. The Kier molecular flexibility index (Phi) is 5.25. The lowest BCUT2D eigenvalue weighted by atomic mass is 10.2. The molecule has 4 heteroatoms. The second kappa shape index (κ2) is 6.84. The zero-order valence-corrected chi connectivity index (χ0v) is 8.57. The van der Waals surface area contributed by atoms with Gasteiger partial charge in [0.05, 0.1) is 0 Å². The minimum atomic E-state index is -0.202. The van der Waals surface area contributed by atoms with Crippen molar-refractivity contribution in [2.75, 3.05) is 13.2 Å². The molecule has 0 aliphatic rings. The van der Waals surface area contributed by atoms with E-state index < -0.39 is 0 Å². The molecule has 0 heterocycles. The minimum Gasteiger partial charge on any atom is -0.396 e. The number of aliphatic hydroxyl groups excluding tert-OH is 1. The zero-order valence-electron chi connectivity index (χ0n) is 8.57. The Morgan fingerprint density at radius 2 is 1.93 bits per heavy atom. The second-order valence-electron chi connectivity index (χ2n) is 3.17. The molecule has 0 fully saturated rings. The van der Waals surface area contributed by atoms with Crippen molar-refractivity contribution in [1.29, 1.82) is 0 Å². The number of urea groups is 1. The van der Waals surface area contributed by atoms with Gasteiger partial charge in [0, 0.05) is 19.7 Å². The summed E-state index contributed by atoms with van der Waals surface area (Å²) in [6.07, 6.45) is 0.582. The molecule has 0 saturated heterocycles. The van der Waals surface area contributed by atoms with Crippen LogP contribution in [-0.2, 0) is 6.54 Å². The molecule has 1 aromatic rings. The topological polar surface area (TPSA) is 61.4 Å². The van der Waals surface area contributed by atoms with E-state index >= 15 is 0 Å². The van der Waals surface area contributed by atoms with Crippen LogP contribution in [0.15, 0.2) is 30.3 Å². The number of aliphatic hydroxyl groups is 1. The average molecular weight is 208 g/mol. The Hall–Kier alpha value is -1.55. The van der Waals surface area contributed by atoms with Crippen LogP contribution in [0, 0.1) is 0 Å². The quantitative estimate of drug-likeness (QED) is 0.629. The Morgan fingerprint density at radius 3 is 2.60 bits per heavy atom. The van der Waals surface area contributed by atoms with Gasteiger partial charge in [-0.3, -0.25) is 0 Å². The third kappa shape index (κ3) is 5.02. The highest BCUT2D eigenvalue weighted by Gasteiger charge is 1.98. The van der Waals surface area contributed by atoms with Gasteiger partial charge in [-0.1, -0.05) is 30.3 Å². The summed E-state index contributed by atoms with van der Waals surface area (Å²) in [4.78, 5) is 11.2.